The SMILES string of the molecule is O=C1Cn2c(cc3ccc(C(=O)O)cc32)-c2ccc(C3CCCCC3)cc2N1. The third-order valence-corrected chi connectivity index (χ3v) is 6.12. The van der Waals surface area contributed by atoms with Gasteiger partial charge in [0.1, 0.15) is 6.54 Å². The van der Waals surface area contributed by atoms with E-state index in [1.54, 1.807) is 12.1 Å². The van der Waals surface area contributed by atoms with Crippen LogP contribution in [0.25, 0.3) is 22.2 Å². The van der Waals surface area contributed by atoms with E-state index >= 15 is 0 Å². The van der Waals surface area contributed by atoms with Crippen LogP contribution in [0.1, 0.15) is 53.9 Å². The number of aromatic carboxylic acids is 1. The van der Waals surface area contributed by atoms with Crippen molar-refractivity contribution in [1.29, 1.82) is 0 Å². The molecule has 0 saturated heterocycles. The van der Waals surface area contributed by atoms with Gasteiger partial charge in [0, 0.05) is 16.5 Å². The van der Waals surface area contributed by atoms with Crippen LogP contribution >= 0.6 is 0 Å². The molecule has 142 valence electrons. The molecule has 2 aliphatic rings. The van der Waals surface area contributed by atoms with Gasteiger partial charge >= 0.3 is 5.97 Å². The topological polar surface area (TPSA) is 71.3 Å². The summed E-state index contributed by atoms with van der Waals surface area (Å²) in [6, 6.07) is 13.5. The van der Waals surface area contributed by atoms with Crippen molar-refractivity contribution in [2.24, 2.45) is 0 Å². The Hall–Kier alpha value is -3.08. The fraction of sp³-hybridized carbons (Fsp3) is 0.304. The first-order valence-electron chi connectivity index (χ1n) is 9.91. The van der Waals surface area contributed by atoms with E-state index in [9.17, 15) is 14.7 Å². The number of hydrogen-bond acceptors (Lipinski definition) is 2. The maximum atomic E-state index is 12.6. The van der Waals surface area contributed by atoms with Gasteiger partial charge in [0.2, 0.25) is 5.91 Å². The van der Waals surface area contributed by atoms with Crippen LogP contribution in [0.15, 0.2) is 42.5 Å². The molecule has 1 aliphatic heterocycles. The second kappa shape index (κ2) is 6.51. The summed E-state index contributed by atoms with van der Waals surface area (Å²) in [5.74, 6) is -0.477. The predicted octanol–water partition coefficient (Wildman–Crippen LogP) is 5.01. The molecule has 3 aromatic rings. The minimum atomic E-state index is -0.965. The number of benzene rings is 2. The zero-order chi connectivity index (χ0) is 19.3. The quantitative estimate of drug-likeness (QED) is 0.663. The number of carboxylic acid groups (broad SMARTS) is 1. The summed E-state index contributed by atoms with van der Waals surface area (Å²) in [5, 5.41) is 13.3. The standard InChI is InChI=1S/C23H22N2O3/c26-22-13-25-20-12-17(23(27)28)7-6-16(20)11-21(25)18-9-8-15(10-19(18)24-22)14-4-2-1-3-5-14/h6-12,14H,1-5,13H2,(H,24,26)(H,27,28). The maximum Gasteiger partial charge on any atom is 0.335 e. The summed E-state index contributed by atoms with van der Waals surface area (Å²) in [5.41, 5.74) is 5.09. The third-order valence-electron chi connectivity index (χ3n) is 6.12. The van der Waals surface area contributed by atoms with Crippen LogP contribution in [-0.2, 0) is 11.3 Å². The van der Waals surface area contributed by atoms with Crippen LogP contribution in [-0.4, -0.2) is 21.6 Å². The largest absolute Gasteiger partial charge is 0.478 e. The number of nitrogens with one attached hydrogen (secondary N) is 1. The molecule has 2 N–H and O–H groups in total. The predicted molar refractivity (Wildman–Crippen MR) is 109 cm³/mol. The molecule has 0 radical (unpaired) electrons. The van der Waals surface area contributed by atoms with E-state index in [4.69, 9.17) is 0 Å². The number of nitrogens with zero attached hydrogens (tertiary/aromatic N) is 1. The average Bonchev–Trinajstić information content (AvgIpc) is 2.98. The second-order valence-corrected chi connectivity index (χ2v) is 7.88. The van der Waals surface area contributed by atoms with E-state index in [1.165, 1.54) is 37.7 Å². The van der Waals surface area contributed by atoms with Crippen molar-refractivity contribution in [3.8, 4) is 11.3 Å². The van der Waals surface area contributed by atoms with E-state index in [2.05, 4.69) is 23.5 Å². The van der Waals surface area contributed by atoms with Crippen molar-refractivity contribution >= 4 is 28.5 Å². The van der Waals surface area contributed by atoms with E-state index in [0.717, 1.165) is 27.8 Å². The Morgan fingerprint density at radius 3 is 2.64 bits per heavy atom. The maximum absolute atomic E-state index is 12.6. The van der Waals surface area contributed by atoms with Gasteiger partial charge in [-0.25, -0.2) is 4.79 Å². The van der Waals surface area contributed by atoms with Crippen LogP contribution in [0, 0.1) is 0 Å². The Bertz CT molecular complexity index is 1110. The first-order chi connectivity index (χ1) is 13.6. The van der Waals surface area contributed by atoms with Crippen LogP contribution < -0.4 is 5.32 Å². The fourth-order valence-electron chi connectivity index (χ4n) is 4.69. The summed E-state index contributed by atoms with van der Waals surface area (Å²) in [6.07, 6.45) is 6.29. The molecule has 1 aliphatic carbocycles. The molecular formula is C23H22N2O3. The summed E-state index contributed by atoms with van der Waals surface area (Å²) in [4.78, 5) is 24.0. The lowest BCUT2D eigenvalue weighted by Crippen LogP contribution is -2.16. The molecule has 5 nitrogen and oxygen atoms in total. The van der Waals surface area contributed by atoms with Crippen molar-refractivity contribution in [1.82, 2.24) is 4.57 Å². The van der Waals surface area contributed by atoms with Crippen LogP contribution in [0.5, 0.6) is 0 Å². The number of aromatic nitrogens is 1. The van der Waals surface area contributed by atoms with Gasteiger partial charge in [0.15, 0.2) is 0 Å². The highest BCUT2D eigenvalue weighted by molar-refractivity contribution is 6.02. The van der Waals surface area contributed by atoms with Gasteiger partial charge in [-0.15, -0.1) is 0 Å². The van der Waals surface area contributed by atoms with Crippen molar-refractivity contribution < 1.29 is 14.7 Å². The second-order valence-electron chi connectivity index (χ2n) is 7.88. The van der Waals surface area contributed by atoms with E-state index < -0.39 is 5.97 Å². The number of carbonyl (C=O) groups is 2. The lowest BCUT2D eigenvalue weighted by molar-refractivity contribution is -0.116. The normalized spacial score (nSPS) is 16.9. The Balaban J connectivity index is 1.65. The van der Waals surface area contributed by atoms with Gasteiger partial charge in [0.05, 0.1) is 16.9 Å². The molecule has 1 saturated carbocycles. The van der Waals surface area contributed by atoms with E-state index in [0.29, 0.717) is 5.92 Å². The monoisotopic (exact) mass is 374 g/mol. The first kappa shape index (κ1) is 17.0. The number of carboxylic acids is 1. The number of rotatable bonds is 2. The molecule has 5 rings (SSSR count). The zero-order valence-electron chi connectivity index (χ0n) is 15.6. The van der Waals surface area contributed by atoms with Gasteiger partial charge in [-0.1, -0.05) is 37.5 Å². The summed E-state index contributed by atoms with van der Waals surface area (Å²) in [7, 11) is 0. The molecule has 28 heavy (non-hydrogen) atoms. The van der Waals surface area contributed by atoms with Crippen LogP contribution in [0.2, 0.25) is 0 Å². The van der Waals surface area contributed by atoms with Gasteiger partial charge in [0.25, 0.3) is 0 Å². The molecule has 1 aromatic heterocycles. The highest BCUT2D eigenvalue weighted by Gasteiger charge is 2.23. The lowest BCUT2D eigenvalue weighted by Gasteiger charge is -2.23. The Labute approximate surface area is 163 Å². The number of fused-ring (bicyclic) bond motifs is 5. The van der Waals surface area contributed by atoms with E-state index in [-0.39, 0.29) is 18.0 Å². The van der Waals surface area contributed by atoms with Crippen molar-refractivity contribution in [2.75, 3.05) is 5.32 Å². The molecule has 0 unspecified atom stereocenters. The lowest BCUT2D eigenvalue weighted by atomic mass is 9.83. The average molecular weight is 374 g/mol. The molecule has 2 heterocycles. The zero-order valence-corrected chi connectivity index (χ0v) is 15.6. The molecule has 1 fully saturated rings. The summed E-state index contributed by atoms with van der Waals surface area (Å²) >= 11 is 0. The van der Waals surface area contributed by atoms with Gasteiger partial charge in [-0.3, -0.25) is 4.79 Å². The highest BCUT2D eigenvalue weighted by atomic mass is 16.4. The molecular weight excluding hydrogens is 352 g/mol. The first-order valence-corrected chi connectivity index (χ1v) is 9.91. The molecule has 0 spiro atoms. The van der Waals surface area contributed by atoms with E-state index in [1.807, 2.05) is 16.7 Å². The fourth-order valence-corrected chi connectivity index (χ4v) is 4.69. The Kier molecular flexibility index (Phi) is 3.97. The van der Waals surface area contributed by atoms with Crippen molar-refractivity contribution in [3.63, 3.8) is 0 Å². The molecule has 1 amide bonds. The van der Waals surface area contributed by atoms with Crippen LogP contribution in [0.4, 0.5) is 5.69 Å². The molecule has 5 heteroatoms. The summed E-state index contributed by atoms with van der Waals surface area (Å²) in [6.45, 7) is 0.176. The van der Waals surface area contributed by atoms with Crippen molar-refractivity contribution in [3.05, 3.63) is 53.6 Å². The van der Waals surface area contributed by atoms with Gasteiger partial charge in [-0.05, 0) is 48.6 Å². The smallest absolute Gasteiger partial charge is 0.335 e. The van der Waals surface area contributed by atoms with Crippen molar-refractivity contribution in [2.45, 2.75) is 44.6 Å². The highest BCUT2D eigenvalue weighted by Crippen LogP contribution is 2.39. The van der Waals surface area contributed by atoms with Gasteiger partial charge in [-0.2, -0.15) is 0 Å². The number of amides is 1. The number of hydrogen-bond donors (Lipinski definition) is 2. The Morgan fingerprint density at radius 1 is 1.04 bits per heavy atom. The Morgan fingerprint density at radius 2 is 1.86 bits per heavy atom. The minimum Gasteiger partial charge on any atom is -0.478 e. The number of carbonyl (C=O) groups excluding carboxylic acids is 1. The third kappa shape index (κ3) is 2.78. The minimum absolute atomic E-state index is 0.0842. The number of anilines is 1. The molecule has 2 aromatic carbocycles. The molecule has 0 atom stereocenters. The summed E-state index contributed by atoms with van der Waals surface area (Å²) < 4.78 is 1.92. The van der Waals surface area contributed by atoms with Crippen LogP contribution in [0.3, 0.4) is 0 Å². The van der Waals surface area contributed by atoms with Gasteiger partial charge < -0.3 is 15.0 Å². The molecule has 0 bridgehead atoms.